The van der Waals surface area contributed by atoms with Crippen molar-refractivity contribution in [1.82, 2.24) is 0 Å². The molecule has 0 aliphatic rings. The van der Waals surface area contributed by atoms with Gasteiger partial charge in [0.05, 0.1) is 22.0 Å². The Bertz CT molecular complexity index is 637. The van der Waals surface area contributed by atoms with E-state index in [9.17, 15) is 0 Å². The number of nitrogens with zero attached hydrogens (tertiary/aromatic N) is 1. The minimum Gasteiger partial charge on any atom is -0.353 e. The van der Waals surface area contributed by atoms with Crippen molar-refractivity contribution in [3.8, 4) is 6.07 Å². The lowest BCUT2D eigenvalue weighted by atomic mass is 10.2. The monoisotopic (exact) mass is 432 g/mol. The number of hydrogen-bond donors (Lipinski definition) is 1. The molecule has 0 atom stereocenters. The zero-order valence-electron chi connectivity index (χ0n) is 9.05. The highest BCUT2D eigenvalue weighted by atomic mass is 127. The number of anilines is 2. The topological polar surface area (TPSA) is 35.8 Å². The summed E-state index contributed by atoms with van der Waals surface area (Å²) in [5.41, 5.74) is 2.05. The van der Waals surface area contributed by atoms with Crippen molar-refractivity contribution in [3.05, 3.63) is 55.0 Å². The van der Waals surface area contributed by atoms with Crippen LogP contribution >= 0.6 is 50.1 Å². The molecule has 2 aromatic carbocycles. The first-order chi connectivity index (χ1) is 8.61. The summed E-state index contributed by atoms with van der Waals surface area (Å²) in [6, 6.07) is 13.4. The van der Waals surface area contributed by atoms with Crippen molar-refractivity contribution in [2.75, 3.05) is 5.32 Å². The third-order valence-corrected chi connectivity index (χ3v) is 3.97. The zero-order chi connectivity index (χ0) is 13.1. The summed E-state index contributed by atoms with van der Waals surface area (Å²) in [4.78, 5) is 0. The molecule has 1 N–H and O–H groups in total. The van der Waals surface area contributed by atoms with Crippen LogP contribution in [0.4, 0.5) is 11.4 Å². The van der Waals surface area contributed by atoms with Gasteiger partial charge in [-0.3, -0.25) is 0 Å². The maximum absolute atomic E-state index is 9.10. The molecule has 0 bridgehead atoms. The van der Waals surface area contributed by atoms with Gasteiger partial charge in [0.2, 0.25) is 0 Å². The summed E-state index contributed by atoms with van der Waals surface area (Å²) in [6.45, 7) is 0. The van der Waals surface area contributed by atoms with Gasteiger partial charge in [-0.15, -0.1) is 0 Å². The molecule has 0 heterocycles. The standard InChI is InChI=1S/C13H7BrClIN2/c14-10-6-8(16)4-5-13(10)18-12-3-1-2-11(15)9(12)7-17/h1-6,18H. The van der Waals surface area contributed by atoms with Crippen LogP contribution in [0.1, 0.15) is 5.56 Å². The molecule has 0 radical (unpaired) electrons. The van der Waals surface area contributed by atoms with Gasteiger partial charge in [0.1, 0.15) is 6.07 Å². The van der Waals surface area contributed by atoms with Gasteiger partial charge in [-0.05, 0) is 68.9 Å². The van der Waals surface area contributed by atoms with Crippen LogP contribution in [0.5, 0.6) is 0 Å². The number of nitrogens with one attached hydrogen (secondary N) is 1. The first-order valence-electron chi connectivity index (χ1n) is 5.02. The van der Waals surface area contributed by atoms with Crippen LogP contribution in [0.2, 0.25) is 5.02 Å². The Morgan fingerprint density at radius 2 is 2.00 bits per heavy atom. The third-order valence-electron chi connectivity index (χ3n) is 2.33. The molecule has 90 valence electrons. The highest BCUT2D eigenvalue weighted by Crippen LogP contribution is 2.31. The summed E-state index contributed by atoms with van der Waals surface area (Å²) in [7, 11) is 0. The van der Waals surface area contributed by atoms with E-state index in [1.54, 1.807) is 6.07 Å². The van der Waals surface area contributed by atoms with E-state index in [1.807, 2.05) is 30.3 Å². The first-order valence-corrected chi connectivity index (χ1v) is 7.27. The molecule has 0 amide bonds. The van der Waals surface area contributed by atoms with Gasteiger partial charge in [-0.2, -0.15) is 5.26 Å². The highest BCUT2D eigenvalue weighted by Gasteiger charge is 2.08. The van der Waals surface area contributed by atoms with Gasteiger partial charge < -0.3 is 5.32 Å². The van der Waals surface area contributed by atoms with Gasteiger partial charge in [-0.1, -0.05) is 17.7 Å². The number of halogens is 3. The average Bonchev–Trinajstić information content (AvgIpc) is 2.33. The second-order valence-electron chi connectivity index (χ2n) is 3.52. The molecule has 0 saturated heterocycles. The molecule has 0 unspecified atom stereocenters. The smallest absolute Gasteiger partial charge is 0.103 e. The summed E-state index contributed by atoms with van der Waals surface area (Å²) >= 11 is 11.7. The normalized spacial score (nSPS) is 9.89. The Labute approximate surface area is 132 Å². The predicted molar refractivity (Wildman–Crippen MR) is 86.3 cm³/mol. The molecule has 0 aliphatic carbocycles. The summed E-state index contributed by atoms with van der Waals surface area (Å²) in [6.07, 6.45) is 0. The number of hydrogen-bond acceptors (Lipinski definition) is 2. The largest absolute Gasteiger partial charge is 0.353 e. The molecule has 5 heteroatoms. The fraction of sp³-hybridized carbons (Fsp3) is 0. The molecule has 2 nitrogen and oxygen atoms in total. The second-order valence-corrected chi connectivity index (χ2v) is 6.03. The lowest BCUT2D eigenvalue weighted by Crippen LogP contribution is -1.95. The van der Waals surface area contributed by atoms with Crippen LogP contribution in [-0.2, 0) is 0 Å². The molecule has 2 rings (SSSR count). The van der Waals surface area contributed by atoms with Crippen molar-refractivity contribution in [2.45, 2.75) is 0 Å². The molecule has 0 aliphatic heterocycles. The zero-order valence-corrected chi connectivity index (χ0v) is 13.5. The van der Waals surface area contributed by atoms with E-state index in [0.29, 0.717) is 16.3 Å². The van der Waals surface area contributed by atoms with Crippen molar-refractivity contribution >= 4 is 61.5 Å². The Morgan fingerprint density at radius 1 is 1.22 bits per heavy atom. The van der Waals surface area contributed by atoms with Gasteiger partial charge >= 0.3 is 0 Å². The maximum Gasteiger partial charge on any atom is 0.103 e. The SMILES string of the molecule is N#Cc1c(Cl)cccc1Nc1ccc(I)cc1Br. The van der Waals surface area contributed by atoms with Gasteiger partial charge in [0, 0.05) is 8.04 Å². The van der Waals surface area contributed by atoms with Crippen LogP contribution in [-0.4, -0.2) is 0 Å². The van der Waals surface area contributed by atoms with E-state index in [0.717, 1.165) is 13.7 Å². The molecule has 18 heavy (non-hydrogen) atoms. The van der Waals surface area contributed by atoms with Crippen molar-refractivity contribution in [3.63, 3.8) is 0 Å². The minimum atomic E-state index is 0.448. The Morgan fingerprint density at radius 3 is 2.67 bits per heavy atom. The van der Waals surface area contributed by atoms with E-state index in [4.69, 9.17) is 16.9 Å². The molecule has 0 fully saturated rings. The van der Waals surface area contributed by atoms with Crippen molar-refractivity contribution in [1.29, 1.82) is 5.26 Å². The number of nitriles is 1. The summed E-state index contributed by atoms with van der Waals surface area (Å²) in [5, 5.41) is 12.8. The predicted octanol–water partition coefficient (Wildman–Crippen LogP) is 5.32. The van der Waals surface area contributed by atoms with E-state index in [-0.39, 0.29) is 0 Å². The van der Waals surface area contributed by atoms with E-state index in [1.165, 1.54) is 0 Å². The van der Waals surface area contributed by atoms with E-state index < -0.39 is 0 Å². The number of benzene rings is 2. The molecular weight excluding hydrogens is 426 g/mol. The molecule has 2 aromatic rings. The van der Waals surface area contributed by atoms with Gasteiger partial charge in [0.15, 0.2) is 0 Å². The molecule has 0 spiro atoms. The van der Waals surface area contributed by atoms with Crippen LogP contribution in [0, 0.1) is 14.9 Å². The number of rotatable bonds is 2. The Hall–Kier alpha value is -0.770. The third kappa shape index (κ3) is 2.97. The fourth-order valence-electron chi connectivity index (χ4n) is 1.48. The van der Waals surface area contributed by atoms with Crippen molar-refractivity contribution < 1.29 is 0 Å². The van der Waals surface area contributed by atoms with Crippen LogP contribution in [0.15, 0.2) is 40.9 Å². The lowest BCUT2D eigenvalue weighted by molar-refractivity contribution is 1.45. The molecule has 0 saturated carbocycles. The first kappa shape index (κ1) is 13.7. The highest BCUT2D eigenvalue weighted by molar-refractivity contribution is 14.1. The average molecular weight is 433 g/mol. The fourth-order valence-corrected chi connectivity index (χ4v) is 3.09. The maximum atomic E-state index is 9.10. The quantitative estimate of drug-likeness (QED) is 0.651. The van der Waals surface area contributed by atoms with Gasteiger partial charge in [0.25, 0.3) is 0 Å². The van der Waals surface area contributed by atoms with E-state index in [2.05, 4.69) is 49.9 Å². The molecule has 0 aromatic heterocycles. The second kappa shape index (κ2) is 5.91. The van der Waals surface area contributed by atoms with Gasteiger partial charge in [-0.25, -0.2) is 0 Å². The summed E-state index contributed by atoms with van der Waals surface area (Å²) in [5.74, 6) is 0. The lowest BCUT2D eigenvalue weighted by Gasteiger charge is -2.11. The summed E-state index contributed by atoms with van der Waals surface area (Å²) < 4.78 is 2.08. The van der Waals surface area contributed by atoms with E-state index >= 15 is 0 Å². The van der Waals surface area contributed by atoms with Crippen LogP contribution in [0.25, 0.3) is 0 Å². The molecular formula is C13H7BrClIN2. The van der Waals surface area contributed by atoms with Crippen molar-refractivity contribution in [2.24, 2.45) is 0 Å². The minimum absolute atomic E-state index is 0.448. The Balaban J connectivity index is 2.41. The van der Waals surface area contributed by atoms with Crippen LogP contribution < -0.4 is 5.32 Å². The van der Waals surface area contributed by atoms with Crippen LogP contribution in [0.3, 0.4) is 0 Å². The Kier molecular flexibility index (Phi) is 4.49.